The van der Waals surface area contributed by atoms with E-state index in [1.807, 2.05) is 0 Å². The zero-order valence-electron chi connectivity index (χ0n) is 5.98. The fraction of sp³-hybridized carbons (Fsp3) is 1.00. The number of unbranched alkanes of at least 4 members (excludes halogenated alkanes) is 1. The van der Waals surface area contributed by atoms with E-state index in [9.17, 15) is 0 Å². The predicted molar refractivity (Wildman–Crippen MR) is 46.5 cm³/mol. The molecule has 0 heterocycles. The van der Waals surface area contributed by atoms with E-state index in [-0.39, 0.29) is 0 Å². The molecule has 0 saturated heterocycles. The molecule has 0 bridgehead atoms. The largest absolute Gasteiger partial charge is 0.330 e. The lowest BCUT2D eigenvalue weighted by Gasteiger charge is -2.00. The van der Waals surface area contributed by atoms with Crippen LogP contribution in [-0.2, 0) is 0 Å². The van der Waals surface area contributed by atoms with E-state index in [2.05, 4.69) is 0 Å². The first-order chi connectivity index (χ1) is 3.77. The van der Waals surface area contributed by atoms with Crippen molar-refractivity contribution in [3.63, 3.8) is 0 Å². The molecule has 0 rings (SSSR count). The van der Waals surface area contributed by atoms with Crippen LogP contribution in [0.5, 0.6) is 0 Å². The van der Waals surface area contributed by atoms with E-state index in [0.717, 1.165) is 11.7 Å². The second kappa shape index (κ2) is 5.53. The molecule has 0 atom stereocenters. The summed E-state index contributed by atoms with van der Waals surface area (Å²) in [6, 6.07) is 0. The number of hydrogen-bond acceptors (Lipinski definition) is 1. The molecule has 0 aromatic carbocycles. The van der Waals surface area contributed by atoms with Gasteiger partial charge < -0.3 is 5.73 Å². The summed E-state index contributed by atoms with van der Waals surface area (Å²) in [6.07, 6.45) is 4.06. The second-order valence-corrected chi connectivity index (χ2v) is 8.93. The van der Waals surface area contributed by atoms with E-state index in [1.54, 1.807) is 0 Å². The summed E-state index contributed by atoms with van der Waals surface area (Å²) in [4.78, 5) is 0. The van der Waals surface area contributed by atoms with Crippen LogP contribution in [0.1, 0.15) is 19.3 Å². The summed E-state index contributed by atoms with van der Waals surface area (Å²) >= 11 is 0. The zero-order valence-corrected chi connectivity index (χ0v) is 9.98. The quantitative estimate of drug-likeness (QED) is 0.384. The molecule has 0 aliphatic carbocycles. The smallest absolute Gasteiger partial charge is 0.00245 e. The lowest BCUT2D eigenvalue weighted by Crippen LogP contribution is -1.99. The van der Waals surface area contributed by atoms with Crippen molar-refractivity contribution >= 4 is 20.5 Å². The Balaban J connectivity index is 2.72. The van der Waals surface area contributed by atoms with Gasteiger partial charge in [0.25, 0.3) is 0 Å². The highest BCUT2D eigenvalue weighted by Gasteiger charge is 1.91. The minimum atomic E-state index is 0.885. The van der Waals surface area contributed by atoms with Gasteiger partial charge in [0.2, 0.25) is 0 Å². The maximum Gasteiger partial charge on any atom is 0.00245 e. The van der Waals surface area contributed by atoms with Crippen molar-refractivity contribution in [1.29, 1.82) is 0 Å². The van der Waals surface area contributed by atoms with Gasteiger partial charge in [0, 0.05) is 20.5 Å². The molecule has 2 N–H and O–H groups in total. The zero-order chi connectivity index (χ0) is 6.41. The average Bonchev–Trinajstić information content (AvgIpc) is 1.66. The molecule has 0 aliphatic rings. The van der Waals surface area contributed by atoms with Crippen molar-refractivity contribution in [3.8, 4) is 0 Å². The first-order valence-corrected chi connectivity index (χ1v) is 5.78. The SMILES string of the molecule is NCCCCC([SiH3])[SiH3]. The molecule has 0 fully saturated rings. The third kappa shape index (κ3) is 6.39. The van der Waals surface area contributed by atoms with Gasteiger partial charge in [0.15, 0.2) is 0 Å². The van der Waals surface area contributed by atoms with Crippen LogP contribution in [-0.4, -0.2) is 27.0 Å². The van der Waals surface area contributed by atoms with Crippen LogP contribution in [0, 0.1) is 0 Å². The van der Waals surface area contributed by atoms with Gasteiger partial charge in [-0.1, -0.05) is 18.0 Å². The van der Waals surface area contributed by atoms with Gasteiger partial charge in [0.05, 0.1) is 0 Å². The third-order valence-electron chi connectivity index (χ3n) is 1.24. The lowest BCUT2D eigenvalue weighted by atomic mass is 10.2. The van der Waals surface area contributed by atoms with E-state index >= 15 is 0 Å². The van der Waals surface area contributed by atoms with Crippen LogP contribution in [0.3, 0.4) is 0 Å². The standard InChI is InChI=1S/C5H17NSi2/c6-4-2-1-3-5(7)8/h5H,1-4,6H2,7-8H3. The number of rotatable bonds is 4. The Hall–Kier alpha value is 0.394. The topological polar surface area (TPSA) is 26.0 Å². The normalized spacial score (nSPS) is 14.6. The maximum absolute atomic E-state index is 5.34. The third-order valence-corrected chi connectivity index (χ3v) is 2.39. The summed E-state index contributed by atoms with van der Waals surface area (Å²) in [5, 5.41) is 1.13. The average molecular weight is 147 g/mol. The minimum absolute atomic E-state index is 0.885. The van der Waals surface area contributed by atoms with Gasteiger partial charge in [-0.25, -0.2) is 0 Å². The molecule has 0 saturated carbocycles. The molecule has 0 spiro atoms. The van der Waals surface area contributed by atoms with E-state index in [4.69, 9.17) is 5.73 Å². The highest BCUT2D eigenvalue weighted by molar-refractivity contribution is 6.35. The summed E-state index contributed by atoms with van der Waals surface area (Å²) in [7, 11) is 2.81. The molecule has 0 aromatic heterocycles. The molecule has 0 unspecified atom stereocenters. The first kappa shape index (κ1) is 8.39. The monoisotopic (exact) mass is 147 g/mol. The predicted octanol–water partition coefficient (Wildman–Crippen LogP) is -1.41. The fourth-order valence-electron chi connectivity index (χ4n) is 0.697. The lowest BCUT2D eigenvalue weighted by molar-refractivity contribution is 0.712. The van der Waals surface area contributed by atoms with Gasteiger partial charge >= 0.3 is 0 Å². The first-order valence-electron chi connectivity index (χ1n) is 3.47. The molecule has 0 amide bonds. The van der Waals surface area contributed by atoms with Crippen molar-refractivity contribution in [3.05, 3.63) is 0 Å². The Labute approximate surface area is 57.9 Å². The van der Waals surface area contributed by atoms with Gasteiger partial charge in [0.1, 0.15) is 0 Å². The van der Waals surface area contributed by atoms with E-state index < -0.39 is 0 Å². The summed E-state index contributed by atoms with van der Waals surface area (Å²) < 4.78 is 0. The Morgan fingerprint density at radius 1 is 1.25 bits per heavy atom. The summed E-state index contributed by atoms with van der Waals surface area (Å²) in [6.45, 7) is 0.885. The number of nitrogens with two attached hydrogens (primary N) is 1. The van der Waals surface area contributed by atoms with Crippen molar-refractivity contribution in [2.24, 2.45) is 5.73 Å². The van der Waals surface area contributed by atoms with Crippen LogP contribution >= 0.6 is 0 Å². The van der Waals surface area contributed by atoms with Crippen LogP contribution in [0.25, 0.3) is 0 Å². The van der Waals surface area contributed by atoms with E-state index in [0.29, 0.717) is 0 Å². The molecular formula is C5H17NSi2. The van der Waals surface area contributed by atoms with Crippen LogP contribution < -0.4 is 5.73 Å². The van der Waals surface area contributed by atoms with Gasteiger partial charge in [-0.2, -0.15) is 0 Å². The fourth-order valence-corrected chi connectivity index (χ4v) is 1.51. The minimum Gasteiger partial charge on any atom is -0.330 e. The van der Waals surface area contributed by atoms with Crippen molar-refractivity contribution < 1.29 is 0 Å². The van der Waals surface area contributed by atoms with Crippen molar-refractivity contribution in [1.82, 2.24) is 0 Å². The summed E-state index contributed by atoms with van der Waals surface area (Å²) in [5.74, 6) is 0. The second-order valence-electron chi connectivity index (χ2n) is 2.68. The Bertz CT molecular complexity index is 47.7. The summed E-state index contributed by atoms with van der Waals surface area (Å²) in [5.41, 5.74) is 5.34. The van der Waals surface area contributed by atoms with Crippen LogP contribution in [0.2, 0.25) is 5.16 Å². The Morgan fingerprint density at radius 3 is 2.25 bits per heavy atom. The number of hydrogen-bond donors (Lipinski definition) is 1. The highest BCUT2D eigenvalue weighted by atomic mass is 28.2. The molecular weight excluding hydrogens is 130 g/mol. The van der Waals surface area contributed by atoms with Crippen molar-refractivity contribution in [2.75, 3.05) is 6.54 Å². The molecule has 8 heavy (non-hydrogen) atoms. The molecule has 3 heteroatoms. The molecule has 0 aliphatic heterocycles. The van der Waals surface area contributed by atoms with Crippen LogP contribution in [0.15, 0.2) is 0 Å². The Kier molecular flexibility index (Phi) is 5.80. The van der Waals surface area contributed by atoms with Gasteiger partial charge in [-0.3, -0.25) is 0 Å². The maximum atomic E-state index is 5.34. The molecule has 50 valence electrons. The van der Waals surface area contributed by atoms with Crippen molar-refractivity contribution in [2.45, 2.75) is 24.4 Å². The molecule has 0 radical (unpaired) electrons. The Morgan fingerprint density at radius 2 is 1.88 bits per heavy atom. The van der Waals surface area contributed by atoms with Crippen LogP contribution in [0.4, 0.5) is 0 Å². The van der Waals surface area contributed by atoms with Gasteiger partial charge in [-0.15, -0.1) is 0 Å². The van der Waals surface area contributed by atoms with Gasteiger partial charge in [-0.05, 0) is 13.0 Å². The molecule has 1 nitrogen and oxygen atoms in total. The highest BCUT2D eigenvalue weighted by Crippen LogP contribution is 2.03. The molecule has 0 aromatic rings. The van der Waals surface area contributed by atoms with E-state index in [1.165, 1.54) is 39.7 Å².